The molecular formula is C8H18N3O2S2+. The predicted molar refractivity (Wildman–Crippen MR) is 65.8 cm³/mol. The third kappa shape index (κ3) is 3.37. The second kappa shape index (κ2) is 5.74. The van der Waals surface area contributed by atoms with Crippen molar-refractivity contribution >= 4 is 37.1 Å². The lowest BCUT2D eigenvalue weighted by Gasteiger charge is -2.34. The Morgan fingerprint density at radius 1 is 1.27 bits per heavy atom. The van der Waals surface area contributed by atoms with E-state index in [9.17, 15) is 9.59 Å². The number of rotatable bonds is 5. The van der Waals surface area contributed by atoms with Crippen LogP contribution >= 0.6 is 25.3 Å². The molecule has 0 rings (SSSR count). The van der Waals surface area contributed by atoms with Gasteiger partial charge in [0.2, 0.25) is 0 Å². The van der Waals surface area contributed by atoms with E-state index in [0.29, 0.717) is 0 Å². The third-order valence-electron chi connectivity index (χ3n) is 2.36. The van der Waals surface area contributed by atoms with Crippen LogP contribution in [0.1, 0.15) is 0 Å². The molecule has 5 nitrogen and oxygen atoms in total. The molecule has 0 spiro atoms. The number of quaternary nitrogens is 1. The van der Waals surface area contributed by atoms with E-state index in [1.807, 2.05) is 0 Å². The Balaban J connectivity index is 4.93. The number of nitrogens with two attached hydrogens (primary N) is 2. The van der Waals surface area contributed by atoms with Crippen molar-refractivity contribution < 1.29 is 14.1 Å². The van der Waals surface area contributed by atoms with Gasteiger partial charge in [0.05, 0.1) is 19.8 Å². The maximum Gasteiger partial charge on any atom is 0.331 e. The quantitative estimate of drug-likeness (QED) is 0.360. The van der Waals surface area contributed by atoms with Crippen LogP contribution in [0.3, 0.4) is 0 Å². The van der Waals surface area contributed by atoms with Crippen LogP contribution in [0.2, 0.25) is 0 Å². The lowest BCUT2D eigenvalue weighted by Crippen LogP contribution is -2.63. The highest BCUT2D eigenvalue weighted by molar-refractivity contribution is 7.80. The summed E-state index contributed by atoms with van der Waals surface area (Å²) in [4.78, 5) is 23.0. The topological polar surface area (TPSA) is 86.2 Å². The van der Waals surface area contributed by atoms with E-state index in [1.165, 1.54) is 0 Å². The number of nitrogens with zero attached hydrogens (tertiary/aromatic N) is 1. The number of hydrogen-bond donors (Lipinski definition) is 4. The fraction of sp³-hybridized carbons (Fsp3) is 0.750. The SMILES string of the molecule is C[N+](C)(C(=O)C(N)CS)C(CS)C(N)=O. The van der Waals surface area contributed by atoms with Crippen molar-refractivity contribution in [2.24, 2.45) is 11.5 Å². The number of carbonyl (C=O) groups is 2. The predicted octanol–water partition coefficient (Wildman–Crippen LogP) is -1.37. The van der Waals surface area contributed by atoms with Crippen LogP contribution in [0.5, 0.6) is 0 Å². The molecule has 0 radical (unpaired) electrons. The molecule has 88 valence electrons. The van der Waals surface area contributed by atoms with Gasteiger partial charge in [0, 0.05) is 5.75 Å². The highest BCUT2D eigenvalue weighted by Crippen LogP contribution is 2.11. The molecule has 15 heavy (non-hydrogen) atoms. The minimum atomic E-state index is -0.704. The Kier molecular flexibility index (Phi) is 5.65. The lowest BCUT2D eigenvalue weighted by molar-refractivity contribution is -0.828. The first-order valence-corrected chi connectivity index (χ1v) is 5.70. The van der Waals surface area contributed by atoms with Crippen LogP contribution < -0.4 is 11.5 Å². The van der Waals surface area contributed by atoms with Crippen LogP contribution in [0.25, 0.3) is 0 Å². The molecule has 4 N–H and O–H groups in total. The van der Waals surface area contributed by atoms with E-state index in [0.717, 1.165) is 0 Å². The van der Waals surface area contributed by atoms with Crippen LogP contribution in [0, 0.1) is 0 Å². The van der Waals surface area contributed by atoms with E-state index in [-0.39, 0.29) is 21.9 Å². The number of likely N-dealkylation sites (N-methyl/N-ethyl adjacent to an activating group) is 1. The first-order chi connectivity index (χ1) is 6.78. The largest absolute Gasteiger partial charge is 0.364 e. The summed E-state index contributed by atoms with van der Waals surface area (Å²) >= 11 is 7.96. The van der Waals surface area contributed by atoms with Crippen molar-refractivity contribution in [3.05, 3.63) is 0 Å². The van der Waals surface area contributed by atoms with Gasteiger partial charge in [0.1, 0.15) is 6.04 Å². The van der Waals surface area contributed by atoms with Gasteiger partial charge >= 0.3 is 5.91 Å². The summed E-state index contributed by atoms with van der Waals surface area (Å²) in [5.41, 5.74) is 10.8. The van der Waals surface area contributed by atoms with Gasteiger partial charge in [-0.15, -0.1) is 0 Å². The molecule has 0 heterocycles. The highest BCUT2D eigenvalue weighted by atomic mass is 32.1. The molecule has 0 aromatic rings. The van der Waals surface area contributed by atoms with E-state index < -0.39 is 18.0 Å². The molecule has 0 saturated carbocycles. The van der Waals surface area contributed by atoms with Gasteiger partial charge in [-0.2, -0.15) is 25.3 Å². The maximum absolute atomic E-state index is 11.9. The fourth-order valence-corrected chi connectivity index (χ4v) is 2.02. The lowest BCUT2D eigenvalue weighted by atomic mass is 10.2. The van der Waals surface area contributed by atoms with Gasteiger partial charge < -0.3 is 11.5 Å². The molecule has 0 bridgehead atoms. The average Bonchev–Trinajstić information content (AvgIpc) is 2.15. The third-order valence-corrected chi connectivity index (χ3v) is 3.10. The minimum absolute atomic E-state index is 0.194. The van der Waals surface area contributed by atoms with E-state index >= 15 is 0 Å². The number of carbonyl (C=O) groups excluding carboxylic acids is 2. The van der Waals surface area contributed by atoms with Gasteiger partial charge in [-0.05, 0) is 0 Å². The molecular weight excluding hydrogens is 234 g/mol. The zero-order valence-corrected chi connectivity index (χ0v) is 10.7. The number of hydrogen-bond acceptors (Lipinski definition) is 5. The Morgan fingerprint density at radius 3 is 2.00 bits per heavy atom. The van der Waals surface area contributed by atoms with Crippen molar-refractivity contribution in [3.63, 3.8) is 0 Å². The molecule has 0 aliphatic carbocycles. The maximum atomic E-state index is 11.9. The van der Waals surface area contributed by atoms with Crippen LogP contribution in [0.4, 0.5) is 0 Å². The van der Waals surface area contributed by atoms with Crippen LogP contribution in [-0.2, 0) is 9.59 Å². The second-order valence-electron chi connectivity index (χ2n) is 3.77. The zero-order valence-electron chi connectivity index (χ0n) is 8.88. The van der Waals surface area contributed by atoms with E-state index in [2.05, 4.69) is 25.3 Å². The van der Waals surface area contributed by atoms with Crippen LogP contribution in [0.15, 0.2) is 0 Å². The van der Waals surface area contributed by atoms with Crippen molar-refractivity contribution in [1.82, 2.24) is 0 Å². The van der Waals surface area contributed by atoms with E-state index in [4.69, 9.17) is 11.5 Å². The number of amides is 2. The first-order valence-electron chi connectivity index (χ1n) is 4.43. The summed E-state index contributed by atoms with van der Waals surface area (Å²) in [6.45, 7) is 0. The molecule has 2 atom stereocenters. The smallest absolute Gasteiger partial charge is 0.331 e. The Labute approximate surface area is 101 Å². The summed E-state index contributed by atoms with van der Waals surface area (Å²) in [5.74, 6) is -0.399. The normalized spacial score (nSPS) is 15.8. The molecule has 0 saturated heterocycles. The molecule has 0 aliphatic rings. The van der Waals surface area contributed by atoms with Gasteiger partial charge in [-0.1, -0.05) is 0 Å². The Hall–Kier alpha value is -0.240. The summed E-state index contributed by atoms with van der Waals surface area (Å²) in [7, 11) is 3.19. The minimum Gasteiger partial charge on any atom is -0.364 e. The molecule has 0 aliphatic heterocycles. The van der Waals surface area contributed by atoms with Crippen molar-refractivity contribution in [2.45, 2.75) is 12.1 Å². The first kappa shape index (κ1) is 14.8. The number of primary amides is 1. The van der Waals surface area contributed by atoms with Crippen LogP contribution in [-0.4, -0.2) is 54.0 Å². The Morgan fingerprint density at radius 2 is 1.73 bits per heavy atom. The van der Waals surface area contributed by atoms with Gasteiger partial charge in [-0.25, -0.2) is 4.79 Å². The molecule has 0 fully saturated rings. The number of thiol groups is 2. The molecule has 2 unspecified atom stereocenters. The highest BCUT2D eigenvalue weighted by Gasteiger charge is 2.41. The summed E-state index contributed by atoms with van der Waals surface area (Å²) in [6, 6.07) is -1.38. The molecule has 7 heteroatoms. The van der Waals surface area contributed by atoms with Gasteiger partial charge in [0.15, 0.2) is 6.04 Å². The molecule has 0 aromatic carbocycles. The summed E-state index contributed by atoms with van der Waals surface area (Å²) in [6.07, 6.45) is 0. The van der Waals surface area contributed by atoms with Crippen molar-refractivity contribution in [2.75, 3.05) is 25.6 Å². The molecule has 0 aromatic heterocycles. The van der Waals surface area contributed by atoms with Crippen molar-refractivity contribution in [3.8, 4) is 0 Å². The fourth-order valence-electron chi connectivity index (χ4n) is 1.27. The van der Waals surface area contributed by atoms with Crippen molar-refractivity contribution in [1.29, 1.82) is 0 Å². The summed E-state index contributed by atoms with van der Waals surface area (Å²) in [5, 5.41) is 0. The summed E-state index contributed by atoms with van der Waals surface area (Å²) < 4.78 is -0.194. The van der Waals surface area contributed by atoms with E-state index in [1.54, 1.807) is 14.1 Å². The van der Waals surface area contributed by atoms with Gasteiger partial charge in [-0.3, -0.25) is 9.28 Å². The zero-order chi connectivity index (χ0) is 12.2. The Bertz CT molecular complexity index is 258. The standard InChI is InChI=1S/C8H17N3O2S2/c1-11(2,6(4-15)7(10)12)8(13)5(9)3-14/h5-6H,3-4,9H2,1-2H3,(H3-,10,12,14,15)/p+1. The average molecular weight is 252 g/mol. The second-order valence-corrected chi connectivity index (χ2v) is 4.50. The molecule has 2 amide bonds. The monoisotopic (exact) mass is 252 g/mol. The van der Waals surface area contributed by atoms with Gasteiger partial charge in [0.25, 0.3) is 5.91 Å².